The maximum atomic E-state index is 6.36. The van der Waals surface area contributed by atoms with Gasteiger partial charge in [-0.05, 0) is 82.3 Å². The van der Waals surface area contributed by atoms with Crippen LogP contribution < -0.4 is 10.1 Å². The van der Waals surface area contributed by atoms with Crippen LogP contribution in [0.4, 0.5) is 5.69 Å². The maximum absolute atomic E-state index is 6.36. The monoisotopic (exact) mass is 460 g/mol. The highest BCUT2D eigenvalue weighted by Gasteiger charge is 2.31. The highest BCUT2D eigenvalue weighted by molar-refractivity contribution is 6.32. The lowest BCUT2D eigenvalue weighted by molar-refractivity contribution is 0.0859. The zero-order valence-corrected chi connectivity index (χ0v) is 22.4. The molecule has 0 saturated heterocycles. The van der Waals surface area contributed by atoms with Gasteiger partial charge in [-0.15, -0.1) is 0 Å². The molecule has 0 saturated carbocycles. The van der Waals surface area contributed by atoms with Crippen LogP contribution in [0.25, 0.3) is 0 Å². The van der Waals surface area contributed by atoms with Gasteiger partial charge in [-0.1, -0.05) is 39.3 Å². The summed E-state index contributed by atoms with van der Waals surface area (Å²) in [5.41, 5.74) is 4.57. The van der Waals surface area contributed by atoms with Crippen LogP contribution >= 0.6 is 11.6 Å². The average molecular weight is 461 g/mol. The number of benzene rings is 1. The van der Waals surface area contributed by atoms with Crippen molar-refractivity contribution in [2.24, 2.45) is 0 Å². The van der Waals surface area contributed by atoms with Crippen molar-refractivity contribution in [3.05, 3.63) is 45.6 Å². The van der Waals surface area contributed by atoms with E-state index in [2.05, 4.69) is 57.9 Å². The fourth-order valence-corrected chi connectivity index (χ4v) is 4.46. The Hall–Kier alpha value is -1.56. The fraction of sp³-hybridized carbons (Fsp3) is 0.560. The molecule has 6 heteroatoms. The Bertz CT molecular complexity index is 899. The molecule has 1 N–H and O–H groups in total. The van der Waals surface area contributed by atoms with Crippen molar-refractivity contribution in [1.82, 2.24) is 4.98 Å². The van der Waals surface area contributed by atoms with Crippen LogP contribution in [0.15, 0.2) is 18.2 Å². The van der Waals surface area contributed by atoms with E-state index in [1.165, 1.54) is 0 Å². The van der Waals surface area contributed by atoms with Crippen LogP contribution in [0, 0.1) is 27.7 Å². The highest BCUT2D eigenvalue weighted by Crippen LogP contribution is 2.35. The van der Waals surface area contributed by atoms with Crippen molar-refractivity contribution in [3.63, 3.8) is 0 Å². The summed E-state index contributed by atoms with van der Waals surface area (Å²) in [5.74, 6) is 1.42. The van der Waals surface area contributed by atoms with E-state index in [9.17, 15) is 0 Å². The van der Waals surface area contributed by atoms with Crippen LogP contribution in [0.1, 0.15) is 70.3 Å². The van der Waals surface area contributed by atoms with E-state index >= 15 is 0 Å². The van der Waals surface area contributed by atoms with E-state index in [0.29, 0.717) is 20.7 Å². The Kier molecular flexibility index (Phi) is 8.23. The maximum Gasteiger partial charge on any atom is 0.236 e. The predicted molar refractivity (Wildman–Crippen MR) is 133 cm³/mol. The van der Waals surface area contributed by atoms with E-state index < -0.39 is 0 Å². The third-order valence-electron chi connectivity index (χ3n) is 5.18. The zero-order chi connectivity index (χ0) is 23.6. The number of nitrogens with one attached hydrogen (secondary N) is 1. The first kappa shape index (κ1) is 25.7. The van der Waals surface area contributed by atoms with Gasteiger partial charge in [0.05, 0.1) is 11.6 Å². The molecule has 1 heterocycles. The molecule has 1 unspecified atom stereocenters. The number of hydrogen-bond acceptors (Lipinski definition) is 4. The summed E-state index contributed by atoms with van der Waals surface area (Å²) >= 11 is 6.18. The Morgan fingerprint density at radius 1 is 1.03 bits per heavy atom. The van der Waals surface area contributed by atoms with Gasteiger partial charge in [0.25, 0.3) is 0 Å². The molecule has 0 amide bonds. The van der Waals surface area contributed by atoms with Gasteiger partial charge >= 0.3 is 0 Å². The molecule has 1 atom stereocenters. The van der Waals surface area contributed by atoms with Crippen LogP contribution in [0.5, 0.6) is 11.6 Å². The molecule has 0 aliphatic heterocycles. The molecular weight excluding hydrogens is 424 g/mol. The van der Waals surface area contributed by atoms with Crippen LogP contribution in [-0.2, 0) is 4.43 Å². The minimum atomic E-state index is -0.311. The lowest BCUT2D eigenvalue weighted by atomic mass is 9.96. The number of aryl methyl sites for hydroxylation is 3. The molecule has 2 aromatic rings. The standard InChI is InChI=1S/C25H37ClN2O2Si/c1-11-21(25(9,10)30-31-24(6,7)8)28-20-14-17(4)27-23(18(20)5)29-22-15(2)12-19(26)13-16(22)3/h12-14,21H,11H2,1-10H3,(H,27,28). The molecule has 0 fully saturated rings. The first-order valence-electron chi connectivity index (χ1n) is 10.9. The minimum absolute atomic E-state index is 0.147. The molecule has 2 rings (SSSR count). The van der Waals surface area contributed by atoms with Gasteiger partial charge in [0, 0.05) is 22.0 Å². The second kappa shape index (κ2) is 9.93. The quantitative estimate of drug-likeness (QED) is 0.412. The minimum Gasteiger partial charge on any atom is -0.438 e. The second-order valence-electron chi connectivity index (χ2n) is 9.87. The Labute approximate surface area is 196 Å². The molecule has 170 valence electrons. The smallest absolute Gasteiger partial charge is 0.236 e. The van der Waals surface area contributed by atoms with Crippen molar-refractivity contribution in [2.75, 3.05) is 5.32 Å². The van der Waals surface area contributed by atoms with E-state index in [4.69, 9.17) is 20.8 Å². The van der Waals surface area contributed by atoms with E-state index in [1.54, 1.807) is 0 Å². The number of rotatable bonds is 8. The van der Waals surface area contributed by atoms with Crippen molar-refractivity contribution >= 4 is 27.1 Å². The molecule has 4 nitrogen and oxygen atoms in total. The van der Waals surface area contributed by atoms with Crippen LogP contribution in [0.2, 0.25) is 10.1 Å². The molecule has 0 spiro atoms. The lowest BCUT2D eigenvalue weighted by Crippen LogP contribution is -2.45. The predicted octanol–water partition coefficient (Wildman–Crippen LogP) is 7.58. The second-order valence-corrected chi connectivity index (χ2v) is 12.2. The van der Waals surface area contributed by atoms with E-state index in [-0.39, 0.29) is 16.7 Å². The molecule has 0 aliphatic rings. The number of anilines is 1. The highest BCUT2D eigenvalue weighted by atomic mass is 35.5. The van der Waals surface area contributed by atoms with Crippen molar-refractivity contribution in [2.45, 2.75) is 92.3 Å². The molecular formula is C25H37ClN2O2Si. The topological polar surface area (TPSA) is 43.4 Å². The van der Waals surface area contributed by atoms with Gasteiger partial charge in [-0.3, -0.25) is 0 Å². The Morgan fingerprint density at radius 3 is 2.13 bits per heavy atom. The molecule has 31 heavy (non-hydrogen) atoms. The van der Waals surface area contributed by atoms with Gasteiger partial charge in [0.15, 0.2) is 0 Å². The fourth-order valence-electron chi connectivity index (χ4n) is 3.42. The first-order chi connectivity index (χ1) is 14.2. The number of hydrogen-bond donors (Lipinski definition) is 1. The summed E-state index contributed by atoms with van der Waals surface area (Å²) in [4.78, 5) is 4.67. The van der Waals surface area contributed by atoms with Crippen molar-refractivity contribution in [1.29, 1.82) is 0 Å². The average Bonchev–Trinajstić information content (AvgIpc) is 2.63. The first-order valence-corrected chi connectivity index (χ1v) is 12.2. The summed E-state index contributed by atoms with van der Waals surface area (Å²) in [6.07, 6.45) is 0.939. The van der Waals surface area contributed by atoms with E-state index in [1.807, 2.05) is 39.8 Å². The normalized spacial score (nSPS) is 13.3. The molecule has 1 aromatic heterocycles. The molecule has 0 aliphatic carbocycles. The Balaban J connectivity index is 2.33. The molecule has 2 radical (unpaired) electrons. The van der Waals surface area contributed by atoms with Crippen LogP contribution in [0.3, 0.4) is 0 Å². The van der Waals surface area contributed by atoms with Crippen molar-refractivity contribution in [3.8, 4) is 11.6 Å². The zero-order valence-electron chi connectivity index (χ0n) is 20.7. The number of pyridine rings is 1. The largest absolute Gasteiger partial charge is 0.438 e. The number of halogens is 1. The summed E-state index contributed by atoms with van der Waals surface area (Å²) in [6.45, 7) is 21.2. The summed E-state index contributed by atoms with van der Waals surface area (Å²) in [5, 5.41) is 4.57. The van der Waals surface area contributed by atoms with Gasteiger partial charge in [-0.2, -0.15) is 0 Å². The van der Waals surface area contributed by atoms with Gasteiger partial charge in [0.2, 0.25) is 15.6 Å². The third-order valence-corrected chi connectivity index (χ3v) is 6.64. The van der Waals surface area contributed by atoms with Crippen molar-refractivity contribution < 1.29 is 9.16 Å². The summed E-state index contributed by atoms with van der Waals surface area (Å²) < 4.78 is 12.7. The summed E-state index contributed by atoms with van der Waals surface area (Å²) in [6, 6.07) is 6.05. The van der Waals surface area contributed by atoms with Crippen LogP contribution in [-0.4, -0.2) is 26.4 Å². The Morgan fingerprint density at radius 2 is 1.61 bits per heavy atom. The SMILES string of the molecule is CCC(Nc1cc(C)nc(Oc2c(C)cc(Cl)cc2C)c1C)C(C)(C)O[Si]C(C)(C)C. The lowest BCUT2D eigenvalue weighted by Gasteiger charge is -2.37. The molecule has 0 bridgehead atoms. The number of aromatic nitrogens is 1. The molecule has 1 aromatic carbocycles. The summed E-state index contributed by atoms with van der Waals surface area (Å²) in [7, 11) is 0.431. The van der Waals surface area contributed by atoms with Gasteiger partial charge in [-0.25, -0.2) is 4.98 Å². The third kappa shape index (κ3) is 6.96. The van der Waals surface area contributed by atoms with Gasteiger partial charge in [0.1, 0.15) is 5.75 Å². The number of ether oxygens (including phenoxy) is 1. The number of nitrogens with zero attached hydrogens (tertiary/aromatic N) is 1. The van der Waals surface area contributed by atoms with Gasteiger partial charge < -0.3 is 14.5 Å². The van der Waals surface area contributed by atoms with E-state index in [0.717, 1.165) is 40.2 Å².